The van der Waals surface area contributed by atoms with Crippen molar-refractivity contribution in [1.82, 2.24) is 4.90 Å². The molecule has 2 aliphatic rings. The molecule has 50 valence electrons. The van der Waals surface area contributed by atoms with Crippen LogP contribution in [-0.2, 0) is 0 Å². The molecule has 1 fully saturated rings. The van der Waals surface area contributed by atoms with E-state index in [1.165, 1.54) is 25.9 Å². The SMILES string of the molecule is C[C@]12C=CCN1CCC2. The minimum Gasteiger partial charge on any atom is -0.291 e. The Morgan fingerprint density at radius 3 is 3.22 bits per heavy atom. The van der Waals surface area contributed by atoms with Crippen LogP contribution >= 0.6 is 0 Å². The topological polar surface area (TPSA) is 3.24 Å². The van der Waals surface area contributed by atoms with E-state index in [2.05, 4.69) is 24.0 Å². The predicted molar refractivity (Wildman–Crippen MR) is 38.4 cm³/mol. The standard InChI is InChI=1S/C8H13N/c1-8-4-2-6-9(8)7-3-5-8/h2,4H,3,5-7H2,1H3/t8-/m1/s1. The third-order valence-electron chi connectivity index (χ3n) is 2.64. The fourth-order valence-corrected chi connectivity index (χ4v) is 1.96. The third-order valence-corrected chi connectivity index (χ3v) is 2.64. The molecule has 0 aromatic carbocycles. The average Bonchev–Trinajstić information content (AvgIpc) is 2.22. The van der Waals surface area contributed by atoms with Crippen molar-refractivity contribution < 1.29 is 0 Å². The lowest BCUT2D eigenvalue weighted by atomic mass is 10.0. The number of hydrogen-bond acceptors (Lipinski definition) is 1. The molecule has 1 heteroatoms. The Labute approximate surface area is 56.4 Å². The van der Waals surface area contributed by atoms with E-state index in [0.717, 1.165) is 0 Å². The zero-order valence-corrected chi connectivity index (χ0v) is 5.93. The van der Waals surface area contributed by atoms with E-state index < -0.39 is 0 Å². The zero-order valence-electron chi connectivity index (χ0n) is 5.93. The minimum absolute atomic E-state index is 0.458. The first-order valence-electron chi connectivity index (χ1n) is 3.74. The maximum Gasteiger partial charge on any atom is 0.0367 e. The lowest BCUT2D eigenvalue weighted by Crippen LogP contribution is -2.34. The smallest absolute Gasteiger partial charge is 0.0367 e. The summed E-state index contributed by atoms with van der Waals surface area (Å²) in [6, 6.07) is 0. The van der Waals surface area contributed by atoms with Gasteiger partial charge in [-0.1, -0.05) is 12.2 Å². The molecule has 1 nitrogen and oxygen atoms in total. The summed E-state index contributed by atoms with van der Waals surface area (Å²) < 4.78 is 0. The van der Waals surface area contributed by atoms with Crippen LogP contribution in [0.3, 0.4) is 0 Å². The van der Waals surface area contributed by atoms with Crippen LogP contribution < -0.4 is 0 Å². The molecular weight excluding hydrogens is 110 g/mol. The van der Waals surface area contributed by atoms with Crippen molar-refractivity contribution in [2.24, 2.45) is 0 Å². The first kappa shape index (κ1) is 5.48. The molecule has 0 radical (unpaired) electrons. The van der Waals surface area contributed by atoms with Crippen LogP contribution in [0.25, 0.3) is 0 Å². The number of hydrogen-bond donors (Lipinski definition) is 0. The van der Waals surface area contributed by atoms with Crippen molar-refractivity contribution in [3.05, 3.63) is 12.2 Å². The highest BCUT2D eigenvalue weighted by Gasteiger charge is 2.35. The van der Waals surface area contributed by atoms with E-state index in [9.17, 15) is 0 Å². The van der Waals surface area contributed by atoms with Crippen molar-refractivity contribution in [2.45, 2.75) is 25.3 Å². The molecule has 0 amide bonds. The Hall–Kier alpha value is -0.300. The van der Waals surface area contributed by atoms with E-state index in [4.69, 9.17) is 0 Å². The second-order valence-corrected chi connectivity index (χ2v) is 3.31. The monoisotopic (exact) mass is 123 g/mol. The van der Waals surface area contributed by atoms with E-state index in [1.807, 2.05) is 0 Å². The third kappa shape index (κ3) is 0.645. The van der Waals surface area contributed by atoms with Gasteiger partial charge in [0.05, 0.1) is 0 Å². The molecule has 1 atom stereocenters. The summed E-state index contributed by atoms with van der Waals surface area (Å²) in [6.45, 7) is 4.84. The first-order valence-corrected chi connectivity index (χ1v) is 3.74. The van der Waals surface area contributed by atoms with Crippen molar-refractivity contribution in [2.75, 3.05) is 13.1 Å². The van der Waals surface area contributed by atoms with Crippen LogP contribution in [0, 0.1) is 0 Å². The summed E-state index contributed by atoms with van der Waals surface area (Å²) in [5, 5.41) is 0. The summed E-state index contributed by atoms with van der Waals surface area (Å²) in [5.41, 5.74) is 0.458. The fourth-order valence-electron chi connectivity index (χ4n) is 1.96. The number of nitrogens with zero attached hydrogens (tertiary/aromatic N) is 1. The second kappa shape index (κ2) is 1.60. The first-order chi connectivity index (χ1) is 4.31. The molecule has 2 rings (SSSR count). The van der Waals surface area contributed by atoms with Gasteiger partial charge in [0.15, 0.2) is 0 Å². The largest absolute Gasteiger partial charge is 0.291 e. The van der Waals surface area contributed by atoms with Gasteiger partial charge in [-0.05, 0) is 26.3 Å². The zero-order chi connectivity index (χ0) is 6.32. The molecule has 0 N–H and O–H groups in total. The van der Waals surface area contributed by atoms with Crippen LogP contribution in [-0.4, -0.2) is 23.5 Å². The van der Waals surface area contributed by atoms with E-state index in [0.29, 0.717) is 5.54 Å². The lowest BCUT2D eigenvalue weighted by molar-refractivity contribution is 0.246. The molecule has 1 saturated heterocycles. The summed E-state index contributed by atoms with van der Waals surface area (Å²) in [6.07, 6.45) is 7.41. The molecule has 0 aromatic rings. The van der Waals surface area contributed by atoms with Gasteiger partial charge in [0, 0.05) is 12.1 Å². The maximum absolute atomic E-state index is 2.55. The van der Waals surface area contributed by atoms with Crippen LogP contribution in [0.5, 0.6) is 0 Å². The highest BCUT2D eigenvalue weighted by atomic mass is 15.2. The second-order valence-electron chi connectivity index (χ2n) is 3.31. The van der Waals surface area contributed by atoms with Gasteiger partial charge < -0.3 is 0 Å². The average molecular weight is 123 g/mol. The van der Waals surface area contributed by atoms with Gasteiger partial charge in [0.25, 0.3) is 0 Å². The summed E-state index contributed by atoms with van der Waals surface area (Å²) in [7, 11) is 0. The Balaban J connectivity index is 2.26. The van der Waals surface area contributed by atoms with Crippen molar-refractivity contribution >= 4 is 0 Å². The van der Waals surface area contributed by atoms with E-state index in [1.54, 1.807) is 0 Å². The molecule has 0 saturated carbocycles. The van der Waals surface area contributed by atoms with Crippen LogP contribution in [0.2, 0.25) is 0 Å². The molecule has 0 unspecified atom stereocenters. The molecule has 9 heavy (non-hydrogen) atoms. The normalized spacial score (nSPS) is 41.9. The Bertz CT molecular complexity index is 151. The predicted octanol–water partition coefficient (Wildman–Crippen LogP) is 1.41. The fraction of sp³-hybridized carbons (Fsp3) is 0.750. The maximum atomic E-state index is 2.55. The van der Waals surface area contributed by atoms with E-state index >= 15 is 0 Å². The van der Waals surface area contributed by atoms with Crippen LogP contribution in [0.4, 0.5) is 0 Å². The van der Waals surface area contributed by atoms with Crippen molar-refractivity contribution in [1.29, 1.82) is 0 Å². The van der Waals surface area contributed by atoms with Gasteiger partial charge in [-0.3, -0.25) is 4.90 Å². The quantitative estimate of drug-likeness (QED) is 0.440. The molecule has 2 heterocycles. The van der Waals surface area contributed by atoms with E-state index in [-0.39, 0.29) is 0 Å². The van der Waals surface area contributed by atoms with Crippen LogP contribution in [0.1, 0.15) is 19.8 Å². The molecule has 0 bridgehead atoms. The summed E-state index contributed by atoms with van der Waals surface area (Å²) in [4.78, 5) is 2.55. The Morgan fingerprint density at radius 2 is 2.44 bits per heavy atom. The van der Waals surface area contributed by atoms with Gasteiger partial charge >= 0.3 is 0 Å². The Kier molecular flexibility index (Phi) is 0.974. The summed E-state index contributed by atoms with van der Waals surface area (Å²) in [5.74, 6) is 0. The van der Waals surface area contributed by atoms with Gasteiger partial charge in [-0.2, -0.15) is 0 Å². The number of fused-ring (bicyclic) bond motifs is 1. The van der Waals surface area contributed by atoms with Crippen molar-refractivity contribution in [3.8, 4) is 0 Å². The highest BCUT2D eigenvalue weighted by Crippen LogP contribution is 2.33. The highest BCUT2D eigenvalue weighted by molar-refractivity contribution is 5.15. The summed E-state index contributed by atoms with van der Waals surface area (Å²) >= 11 is 0. The molecule has 0 spiro atoms. The lowest BCUT2D eigenvalue weighted by Gasteiger charge is -2.25. The molecule has 0 aliphatic carbocycles. The Morgan fingerprint density at radius 1 is 1.56 bits per heavy atom. The van der Waals surface area contributed by atoms with Gasteiger partial charge in [-0.15, -0.1) is 0 Å². The van der Waals surface area contributed by atoms with Crippen molar-refractivity contribution in [3.63, 3.8) is 0 Å². The molecular formula is C8H13N. The number of rotatable bonds is 0. The van der Waals surface area contributed by atoms with Gasteiger partial charge in [0.2, 0.25) is 0 Å². The molecule has 2 aliphatic heterocycles. The molecule has 0 aromatic heterocycles. The minimum atomic E-state index is 0.458. The van der Waals surface area contributed by atoms with Crippen LogP contribution in [0.15, 0.2) is 12.2 Å². The van der Waals surface area contributed by atoms with Gasteiger partial charge in [0.1, 0.15) is 0 Å². The van der Waals surface area contributed by atoms with Gasteiger partial charge in [-0.25, -0.2) is 0 Å².